The third-order valence-corrected chi connectivity index (χ3v) is 4.13. The summed E-state index contributed by atoms with van der Waals surface area (Å²) in [6.45, 7) is 3.34. The van der Waals surface area contributed by atoms with E-state index in [4.69, 9.17) is 5.14 Å². The van der Waals surface area contributed by atoms with Gasteiger partial charge in [0, 0.05) is 4.88 Å². The van der Waals surface area contributed by atoms with Crippen LogP contribution in [0, 0.1) is 6.92 Å². The maximum absolute atomic E-state index is 10.9. The summed E-state index contributed by atoms with van der Waals surface area (Å²) in [6, 6.07) is 0. The van der Waals surface area contributed by atoms with Crippen LogP contribution in [0.15, 0.2) is 5.51 Å². The van der Waals surface area contributed by atoms with E-state index in [2.05, 4.69) is 4.98 Å². The fraction of sp³-hybridized carbons (Fsp3) is 0.500. The van der Waals surface area contributed by atoms with E-state index < -0.39 is 15.3 Å². The SMILES string of the molecule is Cc1ncsc1C(C)S(N)(=O)=O. The van der Waals surface area contributed by atoms with E-state index in [1.165, 1.54) is 11.3 Å². The number of primary sulfonamides is 1. The fourth-order valence-corrected chi connectivity index (χ4v) is 2.63. The summed E-state index contributed by atoms with van der Waals surface area (Å²) in [5.41, 5.74) is 2.35. The molecule has 1 aromatic heterocycles. The standard InChI is InChI=1S/C6H10N2O2S2/c1-4-6(11-3-8-4)5(2)12(7,9)10/h3,5H,1-2H3,(H2,7,9,10). The molecule has 0 spiro atoms. The highest BCUT2D eigenvalue weighted by atomic mass is 32.2. The number of hydrogen-bond acceptors (Lipinski definition) is 4. The number of hydrogen-bond donors (Lipinski definition) is 1. The minimum Gasteiger partial charge on any atom is -0.250 e. The van der Waals surface area contributed by atoms with Gasteiger partial charge in [0.2, 0.25) is 10.0 Å². The van der Waals surface area contributed by atoms with Gasteiger partial charge in [0.05, 0.1) is 11.2 Å². The minimum atomic E-state index is -3.48. The zero-order chi connectivity index (χ0) is 9.35. The van der Waals surface area contributed by atoms with Crippen molar-refractivity contribution in [3.05, 3.63) is 16.1 Å². The molecule has 0 radical (unpaired) electrons. The average molecular weight is 206 g/mol. The van der Waals surface area contributed by atoms with Gasteiger partial charge in [-0.15, -0.1) is 11.3 Å². The van der Waals surface area contributed by atoms with Gasteiger partial charge in [0.15, 0.2) is 0 Å². The predicted octanol–water partition coefficient (Wildman–Crippen LogP) is 0.801. The van der Waals surface area contributed by atoms with Gasteiger partial charge in [-0.05, 0) is 13.8 Å². The Labute approximate surface area is 75.5 Å². The number of nitrogens with zero attached hydrogens (tertiary/aromatic N) is 1. The third kappa shape index (κ3) is 1.82. The van der Waals surface area contributed by atoms with Crippen LogP contribution < -0.4 is 5.14 Å². The lowest BCUT2D eigenvalue weighted by molar-refractivity contribution is 0.588. The third-order valence-electron chi connectivity index (χ3n) is 1.64. The number of sulfonamides is 1. The monoisotopic (exact) mass is 206 g/mol. The first-order valence-electron chi connectivity index (χ1n) is 3.34. The summed E-state index contributed by atoms with van der Waals surface area (Å²) >= 11 is 1.31. The Morgan fingerprint density at radius 3 is 2.58 bits per heavy atom. The van der Waals surface area contributed by atoms with Gasteiger partial charge in [-0.2, -0.15) is 0 Å². The highest BCUT2D eigenvalue weighted by Gasteiger charge is 2.21. The van der Waals surface area contributed by atoms with Crippen molar-refractivity contribution in [3.8, 4) is 0 Å². The lowest BCUT2D eigenvalue weighted by Gasteiger charge is -2.05. The van der Waals surface area contributed by atoms with E-state index in [1.807, 2.05) is 0 Å². The van der Waals surface area contributed by atoms with Crippen molar-refractivity contribution in [3.63, 3.8) is 0 Å². The van der Waals surface area contributed by atoms with Crippen LogP contribution in [0.5, 0.6) is 0 Å². The minimum absolute atomic E-state index is 0.648. The van der Waals surface area contributed by atoms with Crippen molar-refractivity contribution in [2.75, 3.05) is 0 Å². The molecule has 0 aliphatic heterocycles. The summed E-state index contributed by atoms with van der Waals surface area (Å²) < 4.78 is 21.9. The van der Waals surface area contributed by atoms with E-state index in [9.17, 15) is 8.42 Å². The quantitative estimate of drug-likeness (QED) is 0.778. The maximum atomic E-state index is 10.9. The van der Waals surface area contributed by atoms with Crippen LogP contribution in [0.1, 0.15) is 22.7 Å². The average Bonchev–Trinajstić information content (AvgIpc) is 2.31. The molecule has 0 aliphatic carbocycles. The van der Waals surface area contributed by atoms with E-state index in [0.29, 0.717) is 0 Å². The Kier molecular flexibility index (Phi) is 2.50. The maximum Gasteiger partial charge on any atom is 0.216 e. The van der Waals surface area contributed by atoms with Crippen molar-refractivity contribution < 1.29 is 8.42 Å². The molecular formula is C6H10N2O2S2. The highest BCUT2D eigenvalue weighted by Crippen LogP contribution is 2.25. The molecule has 1 unspecified atom stereocenters. The van der Waals surface area contributed by atoms with Gasteiger partial charge >= 0.3 is 0 Å². The van der Waals surface area contributed by atoms with Crippen LogP contribution in [0.25, 0.3) is 0 Å². The number of aromatic nitrogens is 1. The molecule has 0 saturated carbocycles. The summed E-state index contributed by atoms with van der Waals surface area (Å²) in [4.78, 5) is 4.67. The van der Waals surface area contributed by atoms with E-state index >= 15 is 0 Å². The van der Waals surface area contributed by atoms with E-state index in [1.54, 1.807) is 19.4 Å². The zero-order valence-corrected chi connectivity index (χ0v) is 8.45. The molecule has 0 bridgehead atoms. The first-order valence-corrected chi connectivity index (χ1v) is 5.83. The molecule has 12 heavy (non-hydrogen) atoms. The molecule has 0 aliphatic rings. The number of rotatable bonds is 2. The Morgan fingerprint density at radius 1 is 1.67 bits per heavy atom. The van der Waals surface area contributed by atoms with Crippen molar-refractivity contribution in [1.29, 1.82) is 0 Å². The van der Waals surface area contributed by atoms with Crippen LogP contribution in [-0.2, 0) is 10.0 Å². The molecule has 68 valence electrons. The second-order valence-electron chi connectivity index (χ2n) is 2.53. The highest BCUT2D eigenvalue weighted by molar-refractivity contribution is 7.89. The Hall–Kier alpha value is -0.460. The summed E-state index contributed by atoms with van der Waals surface area (Å²) in [5, 5.41) is 4.34. The van der Waals surface area contributed by atoms with Crippen LogP contribution in [0.2, 0.25) is 0 Å². The van der Waals surface area contributed by atoms with Crippen LogP contribution in [0.3, 0.4) is 0 Å². The van der Waals surface area contributed by atoms with Gasteiger partial charge in [0.1, 0.15) is 5.25 Å². The van der Waals surface area contributed by atoms with Gasteiger partial charge in [0.25, 0.3) is 0 Å². The van der Waals surface area contributed by atoms with Gasteiger partial charge in [-0.1, -0.05) is 0 Å². The Morgan fingerprint density at radius 2 is 2.25 bits per heavy atom. The van der Waals surface area contributed by atoms with Crippen LogP contribution >= 0.6 is 11.3 Å². The first kappa shape index (κ1) is 9.63. The molecule has 1 rings (SSSR count). The zero-order valence-electron chi connectivity index (χ0n) is 6.81. The number of aryl methyl sites for hydroxylation is 1. The molecule has 1 heterocycles. The van der Waals surface area contributed by atoms with E-state index in [-0.39, 0.29) is 0 Å². The molecule has 2 N–H and O–H groups in total. The fourth-order valence-electron chi connectivity index (χ4n) is 0.850. The lowest BCUT2D eigenvalue weighted by Crippen LogP contribution is -2.19. The Bertz CT molecular complexity index is 369. The Balaban J connectivity index is 3.09. The van der Waals surface area contributed by atoms with Crippen molar-refractivity contribution >= 4 is 21.4 Å². The second-order valence-corrected chi connectivity index (χ2v) is 5.30. The second kappa shape index (κ2) is 3.12. The lowest BCUT2D eigenvalue weighted by atomic mass is 10.3. The summed E-state index contributed by atoms with van der Waals surface area (Å²) in [7, 11) is -3.48. The molecular weight excluding hydrogens is 196 g/mol. The smallest absolute Gasteiger partial charge is 0.216 e. The van der Waals surface area contributed by atoms with Crippen molar-refractivity contribution in [2.24, 2.45) is 5.14 Å². The van der Waals surface area contributed by atoms with E-state index in [0.717, 1.165) is 10.6 Å². The molecule has 1 aromatic rings. The largest absolute Gasteiger partial charge is 0.250 e. The van der Waals surface area contributed by atoms with Crippen molar-refractivity contribution in [1.82, 2.24) is 4.98 Å². The topological polar surface area (TPSA) is 73.0 Å². The molecule has 0 saturated heterocycles. The van der Waals surface area contributed by atoms with Gasteiger partial charge in [-0.25, -0.2) is 18.5 Å². The molecule has 4 nitrogen and oxygen atoms in total. The molecule has 6 heteroatoms. The molecule has 0 amide bonds. The molecule has 1 atom stereocenters. The molecule has 0 aromatic carbocycles. The van der Waals surface area contributed by atoms with Gasteiger partial charge < -0.3 is 0 Å². The van der Waals surface area contributed by atoms with Crippen LogP contribution in [-0.4, -0.2) is 13.4 Å². The number of thiazole rings is 1. The number of nitrogens with two attached hydrogens (primary N) is 1. The van der Waals surface area contributed by atoms with Crippen LogP contribution in [0.4, 0.5) is 0 Å². The van der Waals surface area contributed by atoms with Gasteiger partial charge in [-0.3, -0.25) is 0 Å². The van der Waals surface area contributed by atoms with Crippen molar-refractivity contribution in [2.45, 2.75) is 19.1 Å². The summed E-state index contributed by atoms with van der Waals surface area (Å²) in [5.74, 6) is 0. The summed E-state index contributed by atoms with van der Waals surface area (Å²) in [6.07, 6.45) is 0. The first-order chi connectivity index (χ1) is 5.43. The normalized spacial score (nSPS) is 14.6. The predicted molar refractivity (Wildman–Crippen MR) is 48.4 cm³/mol. The molecule has 0 fully saturated rings.